The Hall–Kier alpha value is -2.92. The summed E-state index contributed by atoms with van der Waals surface area (Å²) in [6, 6.07) is 14.6. The van der Waals surface area contributed by atoms with E-state index in [0.717, 1.165) is 11.1 Å². The molecule has 25 heavy (non-hydrogen) atoms. The Kier molecular flexibility index (Phi) is 5.26. The van der Waals surface area contributed by atoms with Crippen molar-refractivity contribution in [3.8, 4) is 11.4 Å². The quantitative estimate of drug-likeness (QED) is 0.680. The van der Waals surface area contributed by atoms with E-state index in [2.05, 4.69) is 15.5 Å². The molecule has 1 aromatic heterocycles. The van der Waals surface area contributed by atoms with E-state index in [-0.39, 0.29) is 5.91 Å². The Morgan fingerprint density at radius 1 is 1.24 bits per heavy atom. The summed E-state index contributed by atoms with van der Waals surface area (Å²) < 4.78 is 5.12. The largest absolute Gasteiger partial charge is 0.339 e. The molecule has 6 heteroatoms. The molecule has 3 rings (SSSR count). The maximum atomic E-state index is 12.1. The molecule has 126 valence electrons. The van der Waals surface area contributed by atoms with Crippen LogP contribution in [0.5, 0.6) is 0 Å². The highest BCUT2D eigenvalue weighted by Gasteiger charge is 2.08. The molecule has 0 aliphatic carbocycles. The number of anilines is 1. The highest BCUT2D eigenvalue weighted by Crippen LogP contribution is 2.20. The van der Waals surface area contributed by atoms with Gasteiger partial charge < -0.3 is 9.84 Å². The predicted octanol–water partition coefficient (Wildman–Crippen LogP) is 4.60. The molecular formula is C19H16ClN3O2. The van der Waals surface area contributed by atoms with E-state index in [4.69, 9.17) is 16.1 Å². The first-order valence-corrected chi connectivity index (χ1v) is 8.20. The highest BCUT2D eigenvalue weighted by molar-refractivity contribution is 6.32. The second kappa shape index (κ2) is 7.77. The topological polar surface area (TPSA) is 68.0 Å². The van der Waals surface area contributed by atoms with Gasteiger partial charge in [-0.3, -0.25) is 4.79 Å². The number of halogens is 1. The molecule has 1 amide bonds. The number of hydrogen-bond donors (Lipinski definition) is 1. The molecule has 0 aliphatic rings. The Morgan fingerprint density at radius 2 is 2.08 bits per heavy atom. The van der Waals surface area contributed by atoms with Crippen molar-refractivity contribution in [3.63, 3.8) is 0 Å². The van der Waals surface area contributed by atoms with Crippen LogP contribution in [0.25, 0.3) is 17.5 Å². The van der Waals surface area contributed by atoms with Gasteiger partial charge >= 0.3 is 0 Å². The maximum Gasteiger partial charge on any atom is 0.248 e. The van der Waals surface area contributed by atoms with Gasteiger partial charge in [0.15, 0.2) is 0 Å². The van der Waals surface area contributed by atoms with Crippen molar-refractivity contribution in [2.24, 2.45) is 0 Å². The summed E-state index contributed by atoms with van der Waals surface area (Å²) in [4.78, 5) is 16.4. The lowest BCUT2D eigenvalue weighted by atomic mass is 10.2. The normalized spacial score (nSPS) is 11.0. The summed E-state index contributed by atoms with van der Waals surface area (Å²) in [5.41, 5.74) is 2.21. The lowest BCUT2D eigenvalue weighted by molar-refractivity contribution is -0.111. The van der Waals surface area contributed by atoms with Crippen molar-refractivity contribution in [2.75, 3.05) is 5.32 Å². The van der Waals surface area contributed by atoms with E-state index < -0.39 is 0 Å². The van der Waals surface area contributed by atoms with Crippen LogP contribution in [0.2, 0.25) is 5.02 Å². The first kappa shape index (κ1) is 16.9. The van der Waals surface area contributed by atoms with E-state index in [1.807, 2.05) is 37.3 Å². The Morgan fingerprint density at radius 3 is 2.84 bits per heavy atom. The number of rotatable bonds is 5. The summed E-state index contributed by atoms with van der Waals surface area (Å²) in [6.45, 7) is 1.94. The first-order chi connectivity index (χ1) is 12.2. The lowest BCUT2D eigenvalue weighted by Crippen LogP contribution is -2.07. The average Bonchev–Trinajstić information content (AvgIpc) is 3.10. The molecule has 0 fully saturated rings. The third-order valence-electron chi connectivity index (χ3n) is 3.48. The molecule has 5 nitrogen and oxygen atoms in total. The molecule has 0 spiro atoms. The average molecular weight is 354 g/mol. The van der Waals surface area contributed by atoms with Gasteiger partial charge in [-0.1, -0.05) is 54.0 Å². The maximum absolute atomic E-state index is 12.1. The van der Waals surface area contributed by atoms with Crippen LogP contribution in [0.4, 0.5) is 5.69 Å². The molecule has 0 aliphatic heterocycles. The molecule has 2 aromatic carbocycles. The number of aryl methyl sites for hydroxylation is 1. The van der Waals surface area contributed by atoms with Crippen LogP contribution in [0.15, 0.2) is 59.1 Å². The van der Waals surface area contributed by atoms with Gasteiger partial charge in [-0.2, -0.15) is 4.98 Å². The third-order valence-corrected chi connectivity index (χ3v) is 3.82. The highest BCUT2D eigenvalue weighted by atomic mass is 35.5. The minimum Gasteiger partial charge on any atom is -0.339 e. The Labute approximate surface area is 150 Å². The monoisotopic (exact) mass is 353 g/mol. The van der Waals surface area contributed by atoms with Crippen LogP contribution in [0.3, 0.4) is 0 Å². The number of amides is 1. The minimum atomic E-state index is -0.251. The number of nitrogens with one attached hydrogen (secondary N) is 1. The second-order valence-corrected chi connectivity index (χ2v) is 5.70. The molecule has 0 bridgehead atoms. The van der Waals surface area contributed by atoms with Crippen molar-refractivity contribution < 1.29 is 9.32 Å². The summed E-state index contributed by atoms with van der Waals surface area (Å²) >= 11 is 6.06. The molecule has 1 heterocycles. The number of benzene rings is 2. The summed E-state index contributed by atoms with van der Waals surface area (Å²) in [5, 5.41) is 7.34. The molecule has 0 saturated heterocycles. The molecule has 0 saturated carbocycles. The van der Waals surface area contributed by atoms with Crippen LogP contribution in [-0.2, 0) is 11.2 Å². The predicted molar refractivity (Wildman–Crippen MR) is 98.2 cm³/mol. The van der Waals surface area contributed by atoms with Crippen molar-refractivity contribution in [1.29, 1.82) is 0 Å². The number of aromatic nitrogens is 2. The van der Waals surface area contributed by atoms with Gasteiger partial charge in [0.1, 0.15) is 0 Å². The van der Waals surface area contributed by atoms with Gasteiger partial charge in [0, 0.05) is 28.8 Å². The zero-order valence-electron chi connectivity index (χ0n) is 13.6. The summed E-state index contributed by atoms with van der Waals surface area (Å²) in [7, 11) is 0. The van der Waals surface area contributed by atoms with Gasteiger partial charge in [-0.25, -0.2) is 0 Å². The van der Waals surface area contributed by atoms with Crippen LogP contribution >= 0.6 is 11.6 Å². The number of nitrogens with zero attached hydrogens (tertiary/aromatic N) is 2. The number of carbonyl (C=O) groups is 1. The number of carbonyl (C=O) groups excluding carboxylic acids is 1. The molecule has 0 unspecified atom stereocenters. The molecular weight excluding hydrogens is 338 g/mol. The second-order valence-electron chi connectivity index (χ2n) is 5.29. The van der Waals surface area contributed by atoms with Crippen LogP contribution in [-0.4, -0.2) is 16.0 Å². The zero-order valence-corrected chi connectivity index (χ0v) is 14.3. The van der Waals surface area contributed by atoms with Crippen LogP contribution in [0, 0.1) is 0 Å². The van der Waals surface area contributed by atoms with Crippen molar-refractivity contribution in [1.82, 2.24) is 10.1 Å². The van der Waals surface area contributed by atoms with Crippen molar-refractivity contribution in [3.05, 3.63) is 71.1 Å². The van der Waals surface area contributed by atoms with Crippen LogP contribution in [0.1, 0.15) is 18.4 Å². The van der Waals surface area contributed by atoms with Crippen LogP contribution < -0.4 is 5.32 Å². The Balaban J connectivity index is 1.71. The summed E-state index contributed by atoms with van der Waals surface area (Å²) in [6.07, 6.45) is 3.79. The third kappa shape index (κ3) is 4.33. The van der Waals surface area contributed by atoms with E-state index >= 15 is 0 Å². The van der Waals surface area contributed by atoms with Gasteiger partial charge in [-0.05, 0) is 29.8 Å². The van der Waals surface area contributed by atoms with Crippen molar-refractivity contribution >= 4 is 29.3 Å². The zero-order chi connectivity index (χ0) is 17.6. The standard InChI is InChI=1S/C19H16ClN3O2/c1-2-18-22-19(23-25-18)14-7-5-8-15(12-14)21-17(24)11-10-13-6-3-4-9-16(13)20/h3-12H,2H2,1H3,(H,21,24)/b11-10+. The molecule has 3 aromatic rings. The van der Waals surface area contributed by atoms with Gasteiger partial charge in [-0.15, -0.1) is 0 Å². The summed E-state index contributed by atoms with van der Waals surface area (Å²) in [5.74, 6) is 0.825. The SMILES string of the molecule is CCc1nc(-c2cccc(NC(=O)/C=C/c3ccccc3Cl)c2)no1. The number of hydrogen-bond acceptors (Lipinski definition) is 4. The van der Waals surface area contributed by atoms with Crippen molar-refractivity contribution in [2.45, 2.75) is 13.3 Å². The van der Waals surface area contributed by atoms with Gasteiger partial charge in [0.2, 0.25) is 17.6 Å². The fourth-order valence-corrected chi connectivity index (χ4v) is 2.41. The van der Waals surface area contributed by atoms with E-state index in [1.54, 1.807) is 24.3 Å². The fourth-order valence-electron chi connectivity index (χ4n) is 2.21. The smallest absolute Gasteiger partial charge is 0.248 e. The van der Waals surface area contributed by atoms with E-state index in [0.29, 0.717) is 28.8 Å². The minimum absolute atomic E-state index is 0.251. The van der Waals surface area contributed by atoms with E-state index in [9.17, 15) is 4.79 Å². The first-order valence-electron chi connectivity index (χ1n) is 7.82. The van der Waals surface area contributed by atoms with E-state index in [1.165, 1.54) is 6.08 Å². The Bertz CT molecular complexity index is 918. The molecule has 0 radical (unpaired) electrons. The lowest BCUT2D eigenvalue weighted by Gasteiger charge is -2.03. The van der Waals surface area contributed by atoms with Gasteiger partial charge in [0.25, 0.3) is 0 Å². The van der Waals surface area contributed by atoms with Gasteiger partial charge in [0.05, 0.1) is 0 Å². The molecule has 1 N–H and O–H groups in total. The fraction of sp³-hybridized carbons (Fsp3) is 0.105. The molecule has 0 atom stereocenters.